The molecule has 0 saturated heterocycles. The van der Waals surface area contributed by atoms with E-state index in [0.717, 1.165) is 16.5 Å². The third-order valence-corrected chi connectivity index (χ3v) is 5.14. The predicted octanol–water partition coefficient (Wildman–Crippen LogP) is 4.14. The summed E-state index contributed by atoms with van der Waals surface area (Å²) in [5, 5.41) is 18.8. The first-order chi connectivity index (χ1) is 15.5. The van der Waals surface area contributed by atoms with E-state index in [4.69, 9.17) is 0 Å². The molecule has 0 aliphatic rings. The normalized spacial score (nSPS) is 11.2. The Labute approximate surface area is 186 Å². The Hall–Kier alpha value is -4.18. The Morgan fingerprint density at radius 2 is 1.88 bits per heavy atom. The molecule has 0 bridgehead atoms. The van der Waals surface area contributed by atoms with Gasteiger partial charge in [0.15, 0.2) is 5.82 Å². The van der Waals surface area contributed by atoms with Gasteiger partial charge < -0.3 is 10.6 Å². The number of tetrazole rings is 1. The van der Waals surface area contributed by atoms with E-state index in [0.29, 0.717) is 11.5 Å². The number of aromatic nitrogens is 4. The minimum absolute atomic E-state index is 0.0357. The van der Waals surface area contributed by atoms with Crippen LogP contribution in [-0.2, 0) is 9.59 Å². The molecule has 2 amide bonds. The van der Waals surface area contributed by atoms with Crippen LogP contribution < -0.4 is 10.6 Å². The fourth-order valence-corrected chi connectivity index (χ4v) is 3.58. The summed E-state index contributed by atoms with van der Waals surface area (Å²) in [6, 6.07) is 16.9. The highest BCUT2D eigenvalue weighted by atomic mass is 32.1. The Balaban J connectivity index is 1.71. The number of thiophene rings is 1. The quantitative estimate of drug-likeness (QED) is 0.432. The number of hydrogen-bond donors (Lipinski definition) is 2. The first-order valence-electron chi connectivity index (χ1n) is 9.49. The molecule has 160 valence electrons. The Morgan fingerprint density at radius 3 is 2.59 bits per heavy atom. The molecular formula is C22H17FN6O2S. The van der Waals surface area contributed by atoms with Crippen molar-refractivity contribution in [2.75, 3.05) is 10.6 Å². The summed E-state index contributed by atoms with van der Waals surface area (Å²) in [4.78, 5) is 25.4. The van der Waals surface area contributed by atoms with Crippen molar-refractivity contribution < 1.29 is 14.0 Å². The van der Waals surface area contributed by atoms with E-state index in [1.165, 1.54) is 35.1 Å². The summed E-state index contributed by atoms with van der Waals surface area (Å²) in [5.74, 6) is -1.16. The van der Waals surface area contributed by atoms with Crippen molar-refractivity contribution in [3.63, 3.8) is 0 Å². The molecule has 0 aliphatic carbocycles. The highest BCUT2D eigenvalue weighted by molar-refractivity contribution is 7.10. The highest BCUT2D eigenvalue weighted by Crippen LogP contribution is 2.24. The number of carbonyl (C=O) groups excluding carboxylic acids is 2. The number of amides is 2. The van der Waals surface area contributed by atoms with E-state index in [2.05, 4.69) is 26.2 Å². The largest absolute Gasteiger partial charge is 0.324 e. The highest BCUT2D eigenvalue weighted by Gasteiger charge is 2.20. The van der Waals surface area contributed by atoms with Gasteiger partial charge in [0.2, 0.25) is 5.91 Å². The molecular weight excluding hydrogens is 431 g/mol. The number of hydrogen-bond acceptors (Lipinski definition) is 6. The summed E-state index contributed by atoms with van der Waals surface area (Å²) in [6.07, 6.45) is 1.67. The first kappa shape index (κ1) is 21.1. The van der Waals surface area contributed by atoms with Crippen molar-refractivity contribution in [1.29, 1.82) is 0 Å². The molecule has 0 spiro atoms. The Morgan fingerprint density at radius 1 is 1.06 bits per heavy atom. The third kappa shape index (κ3) is 4.76. The molecule has 0 atom stereocenters. The van der Waals surface area contributed by atoms with Crippen LogP contribution in [0, 0.1) is 5.82 Å². The monoisotopic (exact) mass is 448 g/mol. The second-order valence-electron chi connectivity index (χ2n) is 6.66. The van der Waals surface area contributed by atoms with Crippen LogP contribution in [0.25, 0.3) is 23.2 Å². The first-order valence-corrected chi connectivity index (χ1v) is 10.4. The number of carbonyl (C=O) groups is 2. The summed E-state index contributed by atoms with van der Waals surface area (Å²) in [7, 11) is 0. The number of rotatable bonds is 6. The molecule has 4 rings (SSSR count). The van der Waals surface area contributed by atoms with Crippen molar-refractivity contribution >= 4 is 46.3 Å². The Kier molecular flexibility index (Phi) is 6.13. The molecule has 0 radical (unpaired) electrons. The van der Waals surface area contributed by atoms with E-state index in [-0.39, 0.29) is 11.4 Å². The zero-order chi connectivity index (χ0) is 22.5. The number of anilines is 2. The number of nitrogens with zero attached hydrogens (tertiary/aromatic N) is 4. The summed E-state index contributed by atoms with van der Waals surface area (Å²) in [6.45, 7) is 1.27. The van der Waals surface area contributed by atoms with Crippen molar-refractivity contribution in [2.24, 2.45) is 0 Å². The van der Waals surface area contributed by atoms with Crippen molar-refractivity contribution in [1.82, 2.24) is 20.2 Å². The molecule has 8 nitrogen and oxygen atoms in total. The van der Waals surface area contributed by atoms with Crippen LogP contribution in [0.5, 0.6) is 0 Å². The molecule has 0 unspecified atom stereocenters. The predicted molar refractivity (Wildman–Crippen MR) is 121 cm³/mol. The maximum absolute atomic E-state index is 14.0. The summed E-state index contributed by atoms with van der Waals surface area (Å²) >= 11 is 1.45. The summed E-state index contributed by atoms with van der Waals surface area (Å²) in [5.41, 5.74) is 1.16. The molecule has 32 heavy (non-hydrogen) atoms. The minimum Gasteiger partial charge on any atom is -0.324 e. The zero-order valence-corrected chi connectivity index (χ0v) is 17.6. The lowest BCUT2D eigenvalue weighted by molar-refractivity contribution is -0.114. The standard InChI is InChI=1S/C22H17FN6O2S/c1-14(30)24-19-12-16(9-10-18(19)23)25-22(31)20(13-17-8-5-11-32-17)29-21(26-27-28-29)15-6-3-2-4-7-15/h2-13H,1H3,(H,24,30)(H,25,31)/b20-13-. The smallest absolute Gasteiger partial charge is 0.274 e. The van der Waals surface area contributed by atoms with Gasteiger partial charge in [0.05, 0.1) is 5.69 Å². The molecule has 4 aromatic rings. The SMILES string of the molecule is CC(=O)Nc1cc(NC(=O)/C(=C/c2cccs2)n2nnnc2-c2ccccc2)ccc1F. The molecule has 2 aromatic carbocycles. The molecule has 0 aliphatic heterocycles. The van der Waals surface area contributed by atoms with Gasteiger partial charge >= 0.3 is 0 Å². The van der Waals surface area contributed by atoms with Gasteiger partial charge in [-0.3, -0.25) is 9.59 Å². The van der Waals surface area contributed by atoms with Crippen LogP contribution in [0.1, 0.15) is 11.8 Å². The summed E-state index contributed by atoms with van der Waals surface area (Å²) < 4.78 is 15.3. The van der Waals surface area contributed by atoms with Crippen molar-refractivity contribution in [3.8, 4) is 11.4 Å². The van der Waals surface area contributed by atoms with Crippen molar-refractivity contribution in [3.05, 3.63) is 76.7 Å². The number of nitrogens with one attached hydrogen (secondary N) is 2. The van der Waals surface area contributed by atoms with E-state index in [9.17, 15) is 14.0 Å². The van der Waals surface area contributed by atoms with E-state index < -0.39 is 17.6 Å². The number of benzene rings is 2. The van der Waals surface area contributed by atoms with Gasteiger partial charge in [-0.2, -0.15) is 4.68 Å². The van der Waals surface area contributed by atoms with Gasteiger partial charge in [-0.15, -0.1) is 16.4 Å². The maximum atomic E-state index is 14.0. The van der Waals surface area contributed by atoms with Gasteiger partial charge in [-0.05, 0) is 46.1 Å². The lowest BCUT2D eigenvalue weighted by Gasteiger charge is -2.12. The van der Waals surface area contributed by atoms with Crippen LogP contribution in [0.2, 0.25) is 0 Å². The van der Waals surface area contributed by atoms with Gasteiger partial charge in [0.1, 0.15) is 11.5 Å². The molecule has 0 fully saturated rings. The third-order valence-electron chi connectivity index (χ3n) is 4.32. The molecule has 10 heteroatoms. The molecule has 2 N–H and O–H groups in total. The van der Waals surface area contributed by atoms with Crippen molar-refractivity contribution in [2.45, 2.75) is 6.92 Å². The average molecular weight is 448 g/mol. The molecule has 0 saturated carbocycles. The average Bonchev–Trinajstić information content (AvgIpc) is 3.46. The second kappa shape index (κ2) is 9.31. The fourth-order valence-electron chi connectivity index (χ4n) is 2.93. The topological polar surface area (TPSA) is 102 Å². The van der Waals surface area contributed by atoms with E-state index >= 15 is 0 Å². The second-order valence-corrected chi connectivity index (χ2v) is 7.63. The van der Waals surface area contributed by atoms with Gasteiger partial charge in [0, 0.05) is 23.1 Å². The lowest BCUT2D eigenvalue weighted by atomic mass is 10.2. The van der Waals surface area contributed by atoms with Gasteiger partial charge in [-0.25, -0.2) is 4.39 Å². The molecule has 2 aromatic heterocycles. The zero-order valence-electron chi connectivity index (χ0n) is 16.8. The van der Waals surface area contributed by atoms with Crippen LogP contribution in [0.15, 0.2) is 66.0 Å². The van der Waals surface area contributed by atoms with Crippen LogP contribution >= 0.6 is 11.3 Å². The maximum Gasteiger partial charge on any atom is 0.274 e. The van der Waals surface area contributed by atoms with Gasteiger partial charge in [0.25, 0.3) is 5.91 Å². The molecule has 2 heterocycles. The van der Waals surface area contributed by atoms with Gasteiger partial charge in [-0.1, -0.05) is 36.4 Å². The van der Waals surface area contributed by atoms with Crippen LogP contribution in [0.4, 0.5) is 15.8 Å². The van der Waals surface area contributed by atoms with Crippen LogP contribution in [0.3, 0.4) is 0 Å². The Bertz CT molecular complexity index is 1290. The van der Waals surface area contributed by atoms with E-state index in [1.54, 1.807) is 6.08 Å². The lowest BCUT2D eigenvalue weighted by Crippen LogP contribution is -2.19. The van der Waals surface area contributed by atoms with E-state index in [1.807, 2.05) is 47.8 Å². The minimum atomic E-state index is -0.612. The van der Waals surface area contributed by atoms with Crippen LogP contribution in [-0.4, -0.2) is 32.0 Å². The number of halogens is 1. The fraction of sp³-hybridized carbons (Fsp3) is 0.0455.